The van der Waals surface area contributed by atoms with E-state index in [1.807, 2.05) is 32.0 Å². The van der Waals surface area contributed by atoms with Gasteiger partial charge >= 0.3 is 5.97 Å². The molecule has 0 saturated heterocycles. The fraction of sp³-hybridized carbons (Fsp3) is 0.379. The molecule has 0 radical (unpaired) electrons. The van der Waals surface area contributed by atoms with Gasteiger partial charge in [-0.25, -0.2) is 4.79 Å². The summed E-state index contributed by atoms with van der Waals surface area (Å²) >= 11 is 0. The van der Waals surface area contributed by atoms with Crippen LogP contribution >= 0.6 is 0 Å². The summed E-state index contributed by atoms with van der Waals surface area (Å²) in [5.41, 5.74) is 4.27. The zero-order valence-corrected chi connectivity index (χ0v) is 21.2. The number of esters is 1. The Labute approximate surface area is 211 Å². The van der Waals surface area contributed by atoms with Gasteiger partial charge in [0.1, 0.15) is 5.75 Å². The van der Waals surface area contributed by atoms with E-state index in [1.54, 1.807) is 38.5 Å². The van der Waals surface area contributed by atoms with Crippen LogP contribution in [0.1, 0.15) is 62.5 Å². The summed E-state index contributed by atoms with van der Waals surface area (Å²) in [7, 11) is 3.18. The fourth-order valence-electron chi connectivity index (χ4n) is 5.04. The number of unbranched alkanes of at least 4 members (excludes halogenated alkanes) is 1. The molecule has 2 N–H and O–H groups in total. The van der Waals surface area contributed by atoms with E-state index in [2.05, 4.69) is 5.32 Å². The van der Waals surface area contributed by atoms with Gasteiger partial charge in [0.15, 0.2) is 17.3 Å². The first-order chi connectivity index (χ1) is 17.4. The van der Waals surface area contributed by atoms with E-state index < -0.39 is 11.9 Å². The molecule has 0 aromatic heterocycles. The highest BCUT2D eigenvalue weighted by atomic mass is 16.5. The first-order valence-corrected chi connectivity index (χ1v) is 12.3. The molecule has 0 amide bonds. The molecule has 1 aliphatic carbocycles. The molecular weight excluding hydrogens is 458 g/mol. The lowest BCUT2D eigenvalue weighted by Gasteiger charge is -2.36. The largest absolute Gasteiger partial charge is 0.508 e. The van der Waals surface area contributed by atoms with Gasteiger partial charge < -0.3 is 24.6 Å². The number of allylic oxidation sites excluding steroid dienone is 3. The van der Waals surface area contributed by atoms with Crippen LogP contribution in [0.4, 0.5) is 0 Å². The molecule has 0 spiro atoms. The third-order valence-corrected chi connectivity index (χ3v) is 6.88. The van der Waals surface area contributed by atoms with E-state index in [0.29, 0.717) is 47.8 Å². The Morgan fingerprint density at radius 3 is 2.39 bits per heavy atom. The number of ketones is 1. The van der Waals surface area contributed by atoms with Gasteiger partial charge in [0.05, 0.1) is 26.4 Å². The molecule has 36 heavy (non-hydrogen) atoms. The number of benzene rings is 2. The lowest BCUT2D eigenvalue weighted by atomic mass is 9.71. The number of carbonyl (C=O) groups excluding carboxylic acids is 2. The molecule has 0 fully saturated rings. The first-order valence-electron chi connectivity index (χ1n) is 12.3. The summed E-state index contributed by atoms with van der Waals surface area (Å²) in [6.45, 7) is 4.21. The van der Waals surface area contributed by atoms with Gasteiger partial charge in [-0.3, -0.25) is 4.79 Å². The number of hydrogen-bond donors (Lipinski definition) is 2. The van der Waals surface area contributed by atoms with E-state index in [0.717, 1.165) is 29.7 Å². The summed E-state index contributed by atoms with van der Waals surface area (Å²) < 4.78 is 16.4. The maximum absolute atomic E-state index is 13.7. The minimum absolute atomic E-state index is 0.0204. The number of carbonyl (C=O) groups is 2. The Bertz CT molecular complexity index is 1210. The van der Waals surface area contributed by atoms with Crippen molar-refractivity contribution in [3.8, 4) is 17.2 Å². The van der Waals surface area contributed by atoms with Crippen LogP contribution in [0.15, 0.2) is 65.0 Å². The van der Waals surface area contributed by atoms with Crippen LogP contribution in [0.25, 0.3) is 0 Å². The highest BCUT2D eigenvalue weighted by Gasteiger charge is 2.41. The Hall–Kier alpha value is -3.74. The van der Waals surface area contributed by atoms with Gasteiger partial charge in [-0.1, -0.05) is 31.5 Å². The molecule has 2 aromatic rings. The summed E-state index contributed by atoms with van der Waals surface area (Å²) in [5.74, 6) is 0.328. The second-order valence-corrected chi connectivity index (χ2v) is 9.21. The fourth-order valence-corrected chi connectivity index (χ4v) is 5.04. The number of Topliss-reactive ketones (excluding diaryl/α,β-unsaturated/α-hetero) is 1. The molecule has 0 saturated carbocycles. The molecule has 190 valence electrons. The Morgan fingerprint density at radius 1 is 1.03 bits per heavy atom. The molecule has 2 atom stereocenters. The van der Waals surface area contributed by atoms with Crippen LogP contribution in [0.2, 0.25) is 0 Å². The van der Waals surface area contributed by atoms with Crippen molar-refractivity contribution in [2.45, 2.75) is 51.4 Å². The third kappa shape index (κ3) is 4.96. The number of hydrogen-bond acceptors (Lipinski definition) is 7. The van der Waals surface area contributed by atoms with E-state index in [4.69, 9.17) is 14.2 Å². The molecule has 2 aromatic carbocycles. The van der Waals surface area contributed by atoms with E-state index >= 15 is 0 Å². The number of rotatable bonds is 8. The van der Waals surface area contributed by atoms with Gasteiger partial charge in [0, 0.05) is 29.3 Å². The van der Waals surface area contributed by atoms with Crippen molar-refractivity contribution in [1.82, 2.24) is 5.32 Å². The average molecular weight is 492 g/mol. The van der Waals surface area contributed by atoms with Crippen LogP contribution in [-0.2, 0) is 14.3 Å². The van der Waals surface area contributed by atoms with Crippen molar-refractivity contribution in [2.24, 2.45) is 0 Å². The second kappa shape index (κ2) is 10.9. The molecule has 1 heterocycles. The predicted octanol–water partition coefficient (Wildman–Crippen LogP) is 5.11. The predicted molar refractivity (Wildman–Crippen MR) is 136 cm³/mol. The van der Waals surface area contributed by atoms with Crippen LogP contribution < -0.4 is 14.8 Å². The number of aromatic hydroxyl groups is 1. The standard InChI is InChI=1S/C29H33NO6/c1-5-6-13-36-29(33)26-17(2)30-22-14-20(19-9-12-24(34-3)25(16-19)35-4)15-23(32)28(22)27(26)18-7-10-21(31)11-8-18/h7-12,16,20,27,30-31H,5-6,13-15H2,1-4H3/t20-,27-/m1/s1. The summed E-state index contributed by atoms with van der Waals surface area (Å²) in [6.07, 6.45) is 2.61. The Balaban J connectivity index is 1.73. The smallest absolute Gasteiger partial charge is 0.336 e. The number of phenols is 1. The van der Waals surface area contributed by atoms with Crippen molar-refractivity contribution in [1.29, 1.82) is 0 Å². The minimum Gasteiger partial charge on any atom is -0.508 e. The number of methoxy groups -OCH3 is 2. The summed E-state index contributed by atoms with van der Waals surface area (Å²) in [6, 6.07) is 12.4. The Kier molecular flexibility index (Phi) is 7.67. The van der Waals surface area contributed by atoms with E-state index in [1.165, 1.54) is 0 Å². The number of nitrogens with one attached hydrogen (secondary N) is 1. The molecular formula is C29H33NO6. The molecule has 4 rings (SSSR count). The summed E-state index contributed by atoms with van der Waals surface area (Å²) in [5, 5.41) is 13.2. The molecule has 0 bridgehead atoms. The minimum atomic E-state index is -0.560. The SMILES string of the molecule is CCCCOC(=O)C1=C(C)NC2=C(C(=O)C[C@H](c3ccc(OC)c(OC)c3)C2)[C@@H]1c1ccc(O)cc1. The maximum Gasteiger partial charge on any atom is 0.336 e. The molecule has 7 nitrogen and oxygen atoms in total. The number of ether oxygens (including phenoxy) is 3. The highest BCUT2D eigenvalue weighted by molar-refractivity contribution is 6.04. The zero-order valence-electron chi connectivity index (χ0n) is 21.2. The molecule has 7 heteroatoms. The van der Waals surface area contributed by atoms with Gasteiger partial charge in [0.25, 0.3) is 0 Å². The molecule has 1 aliphatic heterocycles. The second-order valence-electron chi connectivity index (χ2n) is 9.21. The average Bonchev–Trinajstić information content (AvgIpc) is 2.87. The van der Waals surface area contributed by atoms with Gasteiger partial charge in [-0.15, -0.1) is 0 Å². The van der Waals surface area contributed by atoms with E-state index in [9.17, 15) is 14.7 Å². The molecule has 0 unspecified atom stereocenters. The van der Waals surface area contributed by atoms with Crippen molar-refractivity contribution in [3.05, 3.63) is 76.1 Å². The van der Waals surface area contributed by atoms with Gasteiger partial charge in [-0.2, -0.15) is 0 Å². The van der Waals surface area contributed by atoms with Crippen LogP contribution in [0, 0.1) is 0 Å². The van der Waals surface area contributed by atoms with Crippen molar-refractivity contribution < 1.29 is 28.9 Å². The maximum atomic E-state index is 13.7. The van der Waals surface area contributed by atoms with Crippen LogP contribution in [-0.4, -0.2) is 37.7 Å². The van der Waals surface area contributed by atoms with Crippen molar-refractivity contribution in [3.63, 3.8) is 0 Å². The first kappa shape index (κ1) is 25.4. The van der Waals surface area contributed by atoms with Crippen LogP contribution in [0.5, 0.6) is 17.2 Å². The summed E-state index contributed by atoms with van der Waals surface area (Å²) in [4.78, 5) is 26.9. The lowest BCUT2D eigenvalue weighted by Crippen LogP contribution is -2.36. The molecule has 2 aliphatic rings. The van der Waals surface area contributed by atoms with Crippen molar-refractivity contribution >= 4 is 11.8 Å². The normalized spacial score (nSPS) is 19.5. The lowest BCUT2D eigenvalue weighted by molar-refractivity contribution is -0.139. The third-order valence-electron chi connectivity index (χ3n) is 6.88. The monoisotopic (exact) mass is 491 g/mol. The zero-order chi connectivity index (χ0) is 25.8. The highest BCUT2D eigenvalue weighted by Crippen LogP contribution is 2.46. The van der Waals surface area contributed by atoms with Gasteiger partial charge in [0.2, 0.25) is 0 Å². The van der Waals surface area contributed by atoms with Gasteiger partial charge in [-0.05, 0) is 61.1 Å². The topological polar surface area (TPSA) is 94.1 Å². The number of phenolic OH excluding ortho intramolecular Hbond substituents is 1. The van der Waals surface area contributed by atoms with Crippen molar-refractivity contribution in [2.75, 3.05) is 20.8 Å². The quantitative estimate of drug-likeness (QED) is 0.391. The Morgan fingerprint density at radius 2 is 1.72 bits per heavy atom. The number of dihydropyridines is 1. The van der Waals surface area contributed by atoms with E-state index in [-0.39, 0.29) is 17.5 Å². The van der Waals surface area contributed by atoms with Crippen LogP contribution in [0.3, 0.4) is 0 Å².